The highest BCUT2D eigenvalue weighted by Gasteiger charge is 2.22. The van der Waals surface area contributed by atoms with Gasteiger partial charge in [-0.25, -0.2) is 0 Å². The van der Waals surface area contributed by atoms with Gasteiger partial charge in [-0.05, 0) is 43.7 Å². The van der Waals surface area contributed by atoms with Gasteiger partial charge in [-0.15, -0.1) is 0 Å². The van der Waals surface area contributed by atoms with E-state index in [1.807, 2.05) is 0 Å². The van der Waals surface area contributed by atoms with Crippen LogP contribution in [0.1, 0.15) is 51.3 Å². The van der Waals surface area contributed by atoms with Crippen molar-refractivity contribution in [1.82, 2.24) is 5.32 Å². The van der Waals surface area contributed by atoms with Crippen LogP contribution < -0.4 is 5.32 Å². The lowest BCUT2D eigenvalue weighted by atomic mass is 10.00. The Bertz CT molecular complexity index is 385. The largest absolute Gasteiger partial charge is 0.369 e. The quantitative estimate of drug-likeness (QED) is 0.895. The maximum atomic E-state index is 6.13. The van der Waals surface area contributed by atoms with Crippen LogP contribution in [0.2, 0.25) is 0 Å². The van der Waals surface area contributed by atoms with Gasteiger partial charge in [-0.3, -0.25) is 0 Å². The molecule has 0 amide bonds. The van der Waals surface area contributed by atoms with E-state index in [4.69, 9.17) is 4.74 Å². The molecule has 1 N–H and O–H groups in total. The van der Waals surface area contributed by atoms with E-state index in [9.17, 15) is 0 Å². The minimum atomic E-state index is 0.188. The molecular weight excluding hydrogens is 234 g/mol. The smallest absolute Gasteiger partial charge is 0.0952 e. The van der Waals surface area contributed by atoms with Crippen molar-refractivity contribution in [2.75, 3.05) is 6.54 Å². The molecule has 0 spiro atoms. The summed E-state index contributed by atoms with van der Waals surface area (Å²) in [7, 11) is 0. The molecule has 0 bridgehead atoms. The molecule has 0 saturated carbocycles. The fourth-order valence-corrected chi connectivity index (χ4v) is 2.81. The average molecular weight is 261 g/mol. The number of benzene rings is 1. The molecule has 1 saturated heterocycles. The first-order valence-electron chi connectivity index (χ1n) is 7.52. The van der Waals surface area contributed by atoms with E-state index in [0.717, 1.165) is 19.4 Å². The van der Waals surface area contributed by atoms with Crippen LogP contribution in [0.5, 0.6) is 0 Å². The summed E-state index contributed by atoms with van der Waals surface area (Å²) in [5.41, 5.74) is 2.71. The molecule has 1 heterocycles. The van der Waals surface area contributed by atoms with E-state index in [1.165, 1.54) is 11.1 Å². The molecule has 2 heteroatoms. The van der Waals surface area contributed by atoms with E-state index in [1.54, 1.807) is 0 Å². The van der Waals surface area contributed by atoms with Crippen LogP contribution in [0, 0.1) is 5.92 Å². The Kier molecular flexibility index (Phi) is 5.00. The summed E-state index contributed by atoms with van der Waals surface area (Å²) in [6, 6.07) is 9.50. The second-order valence-electron chi connectivity index (χ2n) is 6.32. The standard InChI is InChI=1S/C17H27NO/c1-12(2)9-15-5-7-16(8-6-15)17-11-18-13(3)10-14(4)19-17/h5-8,12-14,17-18H,9-11H2,1-4H3. The zero-order chi connectivity index (χ0) is 13.8. The fraction of sp³-hybridized carbons (Fsp3) is 0.647. The fourth-order valence-electron chi connectivity index (χ4n) is 2.81. The lowest BCUT2D eigenvalue weighted by Crippen LogP contribution is -2.27. The Labute approximate surface area is 117 Å². The molecule has 106 valence electrons. The van der Waals surface area contributed by atoms with Crippen LogP contribution in [-0.4, -0.2) is 18.7 Å². The van der Waals surface area contributed by atoms with Crippen molar-refractivity contribution in [1.29, 1.82) is 0 Å². The van der Waals surface area contributed by atoms with Gasteiger partial charge in [0.1, 0.15) is 0 Å². The van der Waals surface area contributed by atoms with Gasteiger partial charge < -0.3 is 10.1 Å². The molecule has 1 aromatic carbocycles. The molecular formula is C17H27NO. The molecule has 19 heavy (non-hydrogen) atoms. The highest BCUT2D eigenvalue weighted by atomic mass is 16.5. The Morgan fingerprint density at radius 3 is 2.53 bits per heavy atom. The Balaban J connectivity index is 2.04. The molecule has 1 aromatic rings. The number of ether oxygens (including phenoxy) is 1. The van der Waals surface area contributed by atoms with Crippen molar-refractivity contribution in [2.45, 2.75) is 58.8 Å². The van der Waals surface area contributed by atoms with Gasteiger partial charge >= 0.3 is 0 Å². The summed E-state index contributed by atoms with van der Waals surface area (Å²) in [6.07, 6.45) is 2.75. The molecule has 3 atom stereocenters. The number of hydrogen-bond acceptors (Lipinski definition) is 2. The molecule has 0 aliphatic carbocycles. The third kappa shape index (κ3) is 4.32. The highest BCUT2D eigenvalue weighted by molar-refractivity contribution is 5.25. The summed E-state index contributed by atoms with van der Waals surface area (Å²) >= 11 is 0. The third-order valence-corrected chi connectivity index (χ3v) is 3.73. The first-order chi connectivity index (χ1) is 9.04. The second-order valence-corrected chi connectivity index (χ2v) is 6.32. The summed E-state index contributed by atoms with van der Waals surface area (Å²) in [4.78, 5) is 0. The van der Waals surface area contributed by atoms with Gasteiger partial charge in [-0.1, -0.05) is 38.1 Å². The van der Waals surface area contributed by atoms with E-state index < -0.39 is 0 Å². The van der Waals surface area contributed by atoms with Crippen LogP contribution in [0.4, 0.5) is 0 Å². The predicted octanol–water partition coefficient (Wildman–Crippen LogP) is 3.71. The topological polar surface area (TPSA) is 21.3 Å². The molecule has 2 rings (SSSR count). The summed E-state index contributed by atoms with van der Waals surface area (Å²) in [5.74, 6) is 0.711. The lowest BCUT2D eigenvalue weighted by molar-refractivity contribution is 0.00717. The van der Waals surface area contributed by atoms with E-state index in [-0.39, 0.29) is 6.10 Å². The predicted molar refractivity (Wildman–Crippen MR) is 80.4 cm³/mol. The van der Waals surface area contributed by atoms with E-state index in [2.05, 4.69) is 57.3 Å². The molecule has 3 unspecified atom stereocenters. The maximum absolute atomic E-state index is 6.13. The Hall–Kier alpha value is -0.860. The lowest BCUT2D eigenvalue weighted by Gasteiger charge is -2.19. The molecule has 2 nitrogen and oxygen atoms in total. The average Bonchev–Trinajstić information content (AvgIpc) is 2.50. The van der Waals surface area contributed by atoms with Gasteiger partial charge in [0, 0.05) is 12.6 Å². The zero-order valence-corrected chi connectivity index (χ0v) is 12.6. The highest BCUT2D eigenvalue weighted by Crippen LogP contribution is 2.24. The molecule has 1 aliphatic heterocycles. The molecule has 1 fully saturated rings. The number of nitrogens with one attached hydrogen (secondary N) is 1. The van der Waals surface area contributed by atoms with Crippen LogP contribution in [0.25, 0.3) is 0 Å². The first kappa shape index (κ1) is 14.5. The minimum absolute atomic E-state index is 0.188. The van der Waals surface area contributed by atoms with Crippen molar-refractivity contribution >= 4 is 0 Å². The second kappa shape index (κ2) is 6.53. The molecule has 0 radical (unpaired) electrons. The summed E-state index contributed by atoms with van der Waals surface area (Å²) < 4.78 is 6.13. The van der Waals surface area contributed by atoms with Crippen LogP contribution in [0.15, 0.2) is 24.3 Å². The number of hydrogen-bond donors (Lipinski definition) is 1. The van der Waals surface area contributed by atoms with Gasteiger partial charge in [0.2, 0.25) is 0 Å². The van der Waals surface area contributed by atoms with Crippen molar-refractivity contribution in [3.8, 4) is 0 Å². The summed E-state index contributed by atoms with van der Waals surface area (Å²) in [6.45, 7) is 9.83. The van der Waals surface area contributed by atoms with E-state index >= 15 is 0 Å². The SMILES string of the molecule is CC(C)Cc1ccc(C2CNC(C)CC(C)O2)cc1. The van der Waals surface area contributed by atoms with Crippen molar-refractivity contribution in [3.63, 3.8) is 0 Å². The molecule has 0 aromatic heterocycles. The minimum Gasteiger partial charge on any atom is -0.369 e. The van der Waals surface area contributed by atoms with Gasteiger partial charge in [0.25, 0.3) is 0 Å². The zero-order valence-electron chi connectivity index (χ0n) is 12.6. The normalized spacial score (nSPS) is 28.4. The van der Waals surface area contributed by atoms with Crippen molar-refractivity contribution < 1.29 is 4.74 Å². The third-order valence-electron chi connectivity index (χ3n) is 3.73. The van der Waals surface area contributed by atoms with Gasteiger partial charge in [-0.2, -0.15) is 0 Å². The Morgan fingerprint density at radius 2 is 1.89 bits per heavy atom. The van der Waals surface area contributed by atoms with Crippen molar-refractivity contribution in [2.24, 2.45) is 5.92 Å². The molecule has 1 aliphatic rings. The first-order valence-corrected chi connectivity index (χ1v) is 7.52. The monoisotopic (exact) mass is 261 g/mol. The van der Waals surface area contributed by atoms with Crippen LogP contribution in [0.3, 0.4) is 0 Å². The van der Waals surface area contributed by atoms with Crippen molar-refractivity contribution in [3.05, 3.63) is 35.4 Å². The summed E-state index contributed by atoms with van der Waals surface area (Å²) in [5, 5.41) is 3.55. The van der Waals surface area contributed by atoms with Gasteiger partial charge in [0.05, 0.1) is 12.2 Å². The van der Waals surface area contributed by atoms with Crippen LogP contribution >= 0.6 is 0 Å². The Morgan fingerprint density at radius 1 is 1.21 bits per heavy atom. The van der Waals surface area contributed by atoms with E-state index in [0.29, 0.717) is 18.1 Å². The number of rotatable bonds is 3. The van der Waals surface area contributed by atoms with Crippen LogP contribution in [-0.2, 0) is 11.2 Å². The maximum Gasteiger partial charge on any atom is 0.0952 e. The van der Waals surface area contributed by atoms with Gasteiger partial charge in [0.15, 0.2) is 0 Å².